The fourth-order valence-corrected chi connectivity index (χ4v) is 3.44. The number of halogens is 2. The molecule has 3 nitrogen and oxygen atoms in total. The molecular weight excluding hydrogens is 426 g/mol. The molecular formula is C22H21BrClNO2. The first-order valence-electron chi connectivity index (χ1n) is 8.55. The first kappa shape index (κ1) is 19.6. The van der Waals surface area contributed by atoms with Gasteiger partial charge in [0.1, 0.15) is 11.5 Å². The standard InChI is InChI=1S/C22H21BrClNO2/c1-26-19-8-3-16(4-9-19)14-25(22-13-18(23)7-12-21(22)24)15-17-5-10-20(27-2)11-6-17/h3-13H,14-15H2,1-2H3. The van der Waals surface area contributed by atoms with Gasteiger partial charge in [0, 0.05) is 17.6 Å². The van der Waals surface area contributed by atoms with Crippen LogP contribution in [0.2, 0.25) is 5.02 Å². The second-order valence-corrected chi connectivity index (χ2v) is 7.47. The Kier molecular flexibility index (Phi) is 6.64. The number of hydrogen-bond donors (Lipinski definition) is 0. The molecule has 0 atom stereocenters. The zero-order valence-corrected chi connectivity index (χ0v) is 17.6. The molecule has 0 amide bonds. The highest BCUT2D eigenvalue weighted by atomic mass is 79.9. The number of rotatable bonds is 7. The lowest BCUT2D eigenvalue weighted by Crippen LogP contribution is -2.22. The van der Waals surface area contributed by atoms with Gasteiger partial charge in [-0.05, 0) is 53.6 Å². The zero-order chi connectivity index (χ0) is 19.2. The van der Waals surface area contributed by atoms with Gasteiger partial charge in [0.25, 0.3) is 0 Å². The van der Waals surface area contributed by atoms with Gasteiger partial charge in [0.15, 0.2) is 0 Å². The van der Waals surface area contributed by atoms with E-state index in [1.807, 2.05) is 36.4 Å². The van der Waals surface area contributed by atoms with Crippen molar-refractivity contribution in [1.29, 1.82) is 0 Å². The van der Waals surface area contributed by atoms with Gasteiger partial charge in [-0.1, -0.05) is 51.8 Å². The lowest BCUT2D eigenvalue weighted by molar-refractivity contribution is 0.414. The molecule has 0 heterocycles. The fraction of sp³-hybridized carbons (Fsp3) is 0.182. The van der Waals surface area contributed by atoms with E-state index in [0.717, 1.165) is 39.8 Å². The maximum Gasteiger partial charge on any atom is 0.118 e. The van der Waals surface area contributed by atoms with E-state index in [2.05, 4.69) is 51.2 Å². The average molecular weight is 447 g/mol. The van der Waals surface area contributed by atoms with Gasteiger partial charge >= 0.3 is 0 Å². The molecule has 140 valence electrons. The predicted molar refractivity (Wildman–Crippen MR) is 115 cm³/mol. The van der Waals surface area contributed by atoms with Gasteiger partial charge in [0.05, 0.1) is 24.9 Å². The third-order valence-corrected chi connectivity index (χ3v) is 5.13. The van der Waals surface area contributed by atoms with Gasteiger partial charge < -0.3 is 14.4 Å². The second kappa shape index (κ2) is 9.16. The quantitative estimate of drug-likeness (QED) is 0.423. The summed E-state index contributed by atoms with van der Waals surface area (Å²) in [5.74, 6) is 1.70. The van der Waals surface area contributed by atoms with Crippen LogP contribution in [0.15, 0.2) is 71.2 Å². The monoisotopic (exact) mass is 445 g/mol. The highest BCUT2D eigenvalue weighted by Gasteiger charge is 2.13. The van der Waals surface area contributed by atoms with Crippen molar-refractivity contribution in [1.82, 2.24) is 0 Å². The summed E-state index contributed by atoms with van der Waals surface area (Å²) in [6, 6.07) is 22.1. The minimum atomic E-state index is 0.722. The Bertz CT molecular complexity index is 832. The average Bonchev–Trinajstić information content (AvgIpc) is 2.70. The van der Waals surface area contributed by atoms with Gasteiger partial charge in [-0.15, -0.1) is 0 Å². The number of benzene rings is 3. The second-order valence-electron chi connectivity index (χ2n) is 6.15. The van der Waals surface area contributed by atoms with Crippen molar-refractivity contribution in [3.8, 4) is 11.5 Å². The topological polar surface area (TPSA) is 21.7 Å². The number of nitrogens with zero attached hydrogens (tertiary/aromatic N) is 1. The van der Waals surface area contributed by atoms with Crippen molar-refractivity contribution in [3.63, 3.8) is 0 Å². The highest BCUT2D eigenvalue weighted by Crippen LogP contribution is 2.32. The van der Waals surface area contributed by atoms with Crippen molar-refractivity contribution in [2.45, 2.75) is 13.1 Å². The van der Waals surface area contributed by atoms with Crippen molar-refractivity contribution < 1.29 is 9.47 Å². The molecule has 0 bridgehead atoms. The van der Waals surface area contributed by atoms with Crippen molar-refractivity contribution in [2.75, 3.05) is 19.1 Å². The van der Waals surface area contributed by atoms with E-state index < -0.39 is 0 Å². The number of ether oxygens (including phenoxy) is 2. The Morgan fingerprint density at radius 1 is 0.778 bits per heavy atom. The van der Waals surface area contributed by atoms with Crippen molar-refractivity contribution >= 4 is 33.2 Å². The molecule has 27 heavy (non-hydrogen) atoms. The molecule has 0 saturated carbocycles. The summed E-state index contributed by atoms with van der Waals surface area (Å²) >= 11 is 10.1. The van der Waals surface area contributed by atoms with Gasteiger partial charge in [-0.3, -0.25) is 0 Å². The third kappa shape index (κ3) is 5.18. The molecule has 0 radical (unpaired) electrons. The van der Waals surface area contributed by atoms with Crippen LogP contribution < -0.4 is 14.4 Å². The van der Waals surface area contributed by atoms with Crippen LogP contribution in [0.25, 0.3) is 0 Å². The summed E-state index contributed by atoms with van der Waals surface area (Å²) < 4.78 is 11.5. The minimum Gasteiger partial charge on any atom is -0.497 e. The Morgan fingerprint density at radius 3 is 1.70 bits per heavy atom. The lowest BCUT2D eigenvalue weighted by Gasteiger charge is -2.26. The van der Waals surface area contributed by atoms with Crippen LogP contribution in [0.1, 0.15) is 11.1 Å². The van der Waals surface area contributed by atoms with Gasteiger partial charge in [-0.2, -0.15) is 0 Å². The number of methoxy groups -OCH3 is 2. The van der Waals surface area contributed by atoms with Crippen molar-refractivity contribution in [3.05, 3.63) is 87.4 Å². The van der Waals surface area contributed by atoms with Crippen LogP contribution in [0.4, 0.5) is 5.69 Å². The number of hydrogen-bond acceptors (Lipinski definition) is 3. The Balaban J connectivity index is 1.90. The fourth-order valence-electron chi connectivity index (χ4n) is 2.86. The smallest absolute Gasteiger partial charge is 0.118 e. The zero-order valence-electron chi connectivity index (χ0n) is 15.3. The summed E-state index contributed by atoms with van der Waals surface area (Å²) in [7, 11) is 3.35. The van der Waals surface area contributed by atoms with Gasteiger partial charge in [-0.25, -0.2) is 0 Å². The number of anilines is 1. The van der Waals surface area contributed by atoms with Crippen LogP contribution in [-0.4, -0.2) is 14.2 Å². The molecule has 0 aliphatic heterocycles. The van der Waals surface area contributed by atoms with Crippen molar-refractivity contribution in [2.24, 2.45) is 0 Å². The summed E-state index contributed by atoms with van der Waals surface area (Å²) in [4.78, 5) is 2.26. The normalized spacial score (nSPS) is 10.5. The molecule has 0 aliphatic carbocycles. The Hall–Kier alpha value is -2.17. The Labute approximate surface area is 173 Å². The molecule has 0 saturated heterocycles. The van der Waals surface area contributed by atoms with E-state index in [0.29, 0.717) is 0 Å². The van der Waals surface area contributed by atoms with Crippen LogP contribution in [0.5, 0.6) is 11.5 Å². The molecule has 3 aromatic rings. The van der Waals surface area contributed by atoms with Crippen LogP contribution in [-0.2, 0) is 13.1 Å². The summed E-state index contributed by atoms with van der Waals surface area (Å²) in [5, 5.41) is 0.722. The summed E-state index contributed by atoms with van der Waals surface area (Å²) in [5.41, 5.74) is 3.35. The van der Waals surface area contributed by atoms with E-state index >= 15 is 0 Å². The van der Waals surface area contributed by atoms with E-state index in [-0.39, 0.29) is 0 Å². The molecule has 3 aromatic carbocycles. The Morgan fingerprint density at radius 2 is 1.26 bits per heavy atom. The molecule has 0 unspecified atom stereocenters. The maximum absolute atomic E-state index is 6.52. The largest absolute Gasteiger partial charge is 0.497 e. The first-order valence-corrected chi connectivity index (χ1v) is 9.72. The molecule has 0 spiro atoms. The van der Waals surface area contributed by atoms with E-state index in [1.54, 1.807) is 14.2 Å². The molecule has 5 heteroatoms. The molecule has 0 fully saturated rings. The van der Waals surface area contributed by atoms with E-state index in [9.17, 15) is 0 Å². The van der Waals surface area contributed by atoms with Crippen LogP contribution in [0, 0.1) is 0 Å². The highest BCUT2D eigenvalue weighted by molar-refractivity contribution is 9.10. The first-order chi connectivity index (χ1) is 13.1. The molecule has 3 rings (SSSR count). The lowest BCUT2D eigenvalue weighted by atomic mass is 10.1. The SMILES string of the molecule is COc1ccc(CN(Cc2ccc(OC)cc2)c2cc(Br)ccc2Cl)cc1. The summed E-state index contributed by atoms with van der Waals surface area (Å²) in [6.45, 7) is 1.46. The maximum atomic E-state index is 6.52. The van der Waals surface area contributed by atoms with Gasteiger partial charge in [0.2, 0.25) is 0 Å². The molecule has 0 aromatic heterocycles. The van der Waals surface area contributed by atoms with Crippen LogP contribution >= 0.6 is 27.5 Å². The molecule has 0 N–H and O–H groups in total. The van der Waals surface area contributed by atoms with Crippen LogP contribution in [0.3, 0.4) is 0 Å². The van der Waals surface area contributed by atoms with E-state index in [4.69, 9.17) is 21.1 Å². The third-order valence-electron chi connectivity index (χ3n) is 4.31. The molecule has 0 aliphatic rings. The van der Waals surface area contributed by atoms with E-state index in [1.165, 1.54) is 11.1 Å². The predicted octanol–water partition coefficient (Wildman–Crippen LogP) is 6.33. The summed E-state index contributed by atoms with van der Waals surface area (Å²) in [6.07, 6.45) is 0. The minimum absolute atomic E-state index is 0.722.